The first kappa shape index (κ1) is 18.6. The predicted octanol–water partition coefficient (Wildman–Crippen LogP) is 7.24. The van der Waals surface area contributed by atoms with Crippen molar-refractivity contribution in [2.75, 3.05) is 0 Å². The predicted molar refractivity (Wildman–Crippen MR) is 103 cm³/mol. The number of halogens is 3. The van der Waals surface area contributed by atoms with Gasteiger partial charge in [0.05, 0.1) is 0 Å². The second kappa shape index (κ2) is 8.08. The van der Waals surface area contributed by atoms with Crippen LogP contribution in [-0.4, -0.2) is 0 Å². The molecule has 0 bridgehead atoms. The molecule has 0 radical (unpaired) electrons. The molecule has 27 heavy (non-hydrogen) atoms. The zero-order chi connectivity index (χ0) is 18.8. The van der Waals surface area contributed by atoms with Crippen molar-refractivity contribution in [3.05, 3.63) is 58.9 Å². The van der Waals surface area contributed by atoms with Gasteiger partial charge in [-0.15, -0.1) is 0 Å². The normalized spacial score (nSPS) is 20.5. The summed E-state index contributed by atoms with van der Waals surface area (Å²) < 4.78 is 41.8. The molecule has 0 nitrogen and oxygen atoms in total. The van der Waals surface area contributed by atoms with E-state index in [1.807, 2.05) is 6.07 Å². The maximum atomic E-state index is 15.1. The molecule has 2 aromatic rings. The highest BCUT2D eigenvalue weighted by Gasteiger charge is 2.24. The van der Waals surface area contributed by atoms with Crippen LogP contribution in [-0.2, 0) is 12.8 Å². The summed E-state index contributed by atoms with van der Waals surface area (Å²) in [4.78, 5) is 0. The summed E-state index contributed by atoms with van der Waals surface area (Å²) in [6, 6.07) is 7.30. The molecule has 0 spiro atoms. The maximum Gasteiger partial charge on any atom is 0.159 e. The van der Waals surface area contributed by atoms with Crippen LogP contribution in [0, 0.1) is 29.3 Å². The number of rotatable bonds is 4. The van der Waals surface area contributed by atoms with Crippen LogP contribution in [0.25, 0.3) is 11.1 Å². The average Bonchev–Trinajstić information content (AvgIpc) is 2.70. The lowest BCUT2D eigenvalue weighted by Gasteiger charge is -2.28. The van der Waals surface area contributed by atoms with Crippen LogP contribution in [0.2, 0.25) is 0 Å². The molecule has 2 aliphatic rings. The van der Waals surface area contributed by atoms with Crippen LogP contribution in [0.3, 0.4) is 0 Å². The molecular weight excluding hydrogens is 345 g/mol. The van der Waals surface area contributed by atoms with Gasteiger partial charge in [-0.05, 0) is 66.3 Å². The first-order chi connectivity index (χ1) is 13.1. The lowest BCUT2D eigenvalue weighted by atomic mass is 9.77. The standard InChI is InChI=1S/C24H27F3/c25-22-13-10-19(15-23(22)26)21-12-9-18-14-17(8-11-20(18)24(21)27)7-6-16-4-2-1-3-5-16/h9-10,12-13,15-17H,1-8,11,14H2. The molecule has 0 N–H and O–H groups in total. The van der Waals surface area contributed by atoms with E-state index >= 15 is 4.39 Å². The number of hydrogen-bond donors (Lipinski definition) is 0. The van der Waals surface area contributed by atoms with Crippen molar-refractivity contribution in [3.8, 4) is 11.1 Å². The first-order valence-corrected chi connectivity index (χ1v) is 10.4. The monoisotopic (exact) mass is 372 g/mol. The first-order valence-electron chi connectivity index (χ1n) is 10.4. The van der Waals surface area contributed by atoms with Gasteiger partial charge in [0, 0.05) is 5.56 Å². The second-order valence-electron chi connectivity index (χ2n) is 8.38. The van der Waals surface area contributed by atoms with Crippen molar-refractivity contribution in [2.24, 2.45) is 11.8 Å². The molecule has 1 unspecified atom stereocenters. The van der Waals surface area contributed by atoms with Crippen molar-refractivity contribution in [1.29, 1.82) is 0 Å². The van der Waals surface area contributed by atoms with Gasteiger partial charge in [0.2, 0.25) is 0 Å². The van der Waals surface area contributed by atoms with Crippen molar-refractivity contribution in [3.63, 3.8) is 0 Å². The van der Waals surface area contributed by atoms with Crippen molar-refractivity contribution >= 4 is 0 Å². The molecule has 2 aromatic carbocycles. The largest absolute Gasteiger partial charge is 0.206 e. The Balaban J connectivity index is 1.47. The summed E-state index contributed by atoms with van der Waals surface area (Å²) in [6.45, 7) is 0. The Kier molecular flexibility index (Phi) is 5.56. The average molecular weight is 372 g/mol. The summed E-state index contributed by atoms with van der Waals surface area (Å²) in [5.41, 5.74) is 2.63. The van der Waals surface area contributed by atoms with Crippen molar-refractivity contribution in [2.45, 2.75) is 64.2 Å². The Bertz CT molecular complexity index is 806. The van der Waals surface area contributed by atoms with Crippen LogP contribution in [0.4, 0.5) is 13.2 Å². The van der Waals surface area contributed by atoms with E-state index in [2.05, 4.69) is 0 Å². The lowest BCUT2D eigenvalue weighted by Crippen LogP contribution is -2.17. The molecule has 0 amide bonds. The molecule has 0 aromatic heterocycles. The van der Waals surface area contributed by atoms with E-state index in [1.54, 1.807) is 6.07 Å². The molecule has 1 atom stereocenters. The Morgan fingerprint density at radius 1 is 0.778 bits per heavy atom. The molecular formula is C24H27F3. The minimum Gasteiger partial charge on any atom is -0.206 e. The van der Waals surface area contributed by atoms with Gasteiger partial charge in [0.1, 0.15) is 5.82 Å². The summed E-state index contributed by atoms with van der Waals surface area (Å²) >= 11 is 0. The van der Waals surface area contributed by atoms with Crippen molar-refractivity contribution < 1.29 is 13.2 Å². The van der Waals surface area contributed by atoms with Gasteiger partial charge in [-0.1, -0.05) is 56.7 Å². The van der Waals surface area contributed by atoms with Crippen LogP contribution in [0.5, 0.6) is 0 Å². The van der Waals surface area contributed by atoms with Gasteiger partial charge in [-0.25, -0.2) is 13.2 Å². The third-order valence-electron chi connectivity index (χ3n) is 6.59. The van der Waals surface area contributed by atoms with Crippen molar-refractivity contribution in [1.82, 2.24) is 0 Å². The smallest absolute Gasteiger partial charge is 0.159 e. The van der Waals surface area contributed by atoms with Gasteiger partial charge >= 0.3 is 0 Å². The summed E-state index contributed by atoms with van der Waals surface area (Å²) in [5, 5.41) is 0. The molecule has 4 rings (SSSR count). The Labute approximate surface area is 159 Å². The lowest BCUT2D eigenvalue weighted by molar-refractivity contribution is 0.296. The molecule has 2 aliphatic carbocycles. The number of benzene rings is 2. The van der Waals surface area contributed by atoms with E-state index in [-0.39, 0.29) is 5.82 Å². The highest BCUT2D eigenvalue weighted by molar-refractivity contribution is 5.66. The number of hydrogen-bond acceptors (Lipinski definition) is 0. The molecule has 0 saturated heterocycles. The van der Waals surface area contributed by atoms with Gasteiger partial charge in [-0.2, -0.15) is 0 Å². The van der Waals surface area contributed by atoms with Gasteiger partial charge in [0.15, 0.2) is 11.6 Å². The second-order valence-corrected chi connectivity index (χ2v) is 8.38. The molecule has 3 heteroatoms. The SMILES string of the molecule is Fc1ccc(-c2ccc3c(c2F)CCC(CCC2CCCCC2)C3)cc1F. The molecule has 0 heterocycles. The Morgan fingerprint density at radius 3 is 2.33 bits per heavy atom. The minimum atomic E-state index is -0.938. The minimum absolute atomic E-state index is 0.260. The van der Waals surface area contributed by atoms with E-state index < -0.39 is 11.6 Å². The quantitative estimate of drug-likeness (QED) is 0.531. The van der Waals surface area contributed by atoms with E-state index in [9.17, 15) is 8.78 Å². The van der Waals surface area contributed by atoms with E-state index in [0.717, 1.165) is 48.4 Å². The summed E-state index contributed by atoms with van der Waals surface area (Å²) in [5.74, 6) is -0.560. The fraction of sp³-hybridized carbons (Fsp3) is 0.500. The zero-order valence-corrected chi connectivity index (χ0v) is 15.7. The molecule has 0 aliphatic heterocycles. The highest BCUT2D eigenvalue weighted by atomic mass is 19.2. The van der Waals surface area contributed by atoms with E-state index in [4.69, 9.17) is 0 Å². The number of fused-ring (bicyclic) bond motifs is 1. The van der Waals surface area contributed by atoms with Crippen LogP contribution >= 0.6 is 0 Å². The van der Waals surface area contributed by atoms with Crippen LogP contribution in [0.15, 0.2) is 30.3 Å². The van der Waals surface area contributed by atoms with Gasteiger partial charge in [-0.3, -0.25) is 0 Å². The van der Waals surface area contributed by atoms with Gasteiger partial charge in [0.25, 0.3) is 0 Å². The topological polar surface area (TPSA) is 0 Å². The fourth-order valence-electron chi connectivity index (χ4n) is 4.96. The highest BCUT2D eigenvalue weighted by Crippen LogP contribution is 2.36. The molecule has 144 valence electrons. The van der Waals surface area contributed by atoms with E-state index in [1.165, 1.54) is 51.0 Å². The van der Waals surface area contributed by atoms with Crippen LogP contribution < -0.4 is 0 Å². The summed E-state index contributed by atoms with van der Waals surface area (Å²) in [6.07, 6.45) is 12.2. The van der Waals surface area contributed by atoms with E-state index in [0.29, 0.717) is 17.0 Å². The fourth-order valence-corrected chi connectivity index (χ4v) is 4.96. The molecule has 1 saturated carbocycles. The zero-order valence-electron chi connectivity index (χ0n) is 15.7. The van der Waals surface area contributed by atoms with Gasteiger partial charge < -0.3 is 0 Å². The third kappa shape index (κ3) is 4.07. The Hall–Kier alpha value is -1.77. The summed E-state index contributed by atoms with van der Waals surface area (Å²) in [7, 11) is 0. The maximum absolute atomic E-state index is 15.1. The van der Waals surface area contributed by atoms with Crippen LogP contribution in [0.1, 0.15) is 62.5 Å². The molecule has 1 fully saturated rings. The Morgan fingerprint density at radius 2 is 1.56 bits per heavy atom. The third-order valence-corrected chi connectivity index (χ3v) is 6.59.